The first-order valence-electron chi connectivity index (χ1n) is 10.7. The van der Waals surface area contributed by atoms with Crippen molar-refractivity contribution in [3.8, 4) is 0 Å². The standard InChI is InChI=1S/C21H25F5N4O6/c22-17-13(18(23)20(25)21(26)19(17)24)9-27-1-3-28(10-14(31)32)5-7-30(12-16(35)36)8-6-29(4-2-27)11-15(33)34/h5,7H,1-4,6,8-12H2,(H,31,32)(H,33,34)(H,35,36)/b7-5-. The first kappa shape index (κ1) is 28.8. The minimum absolute atomic E-state index is 0.00868. The molecule has 3 N–H and O–H groups in total. The SMILES string of the molecule is O=C(O)CN1/C=C\N(CC(=O)O)CCN(Cc2c(F)c(F)c(F)c(F)c2F)CCN(CC(=O)O)CC1. The Morgan fingerprint density at radius 3 is 1.39 bits per heavy atom. The summed E-state index contributed by atoms with van der Waals surface area (Å²) in [7, 11) is 0. The van der Waals surface area contributed by atoms with Crippen LogP contribution in [0.25, 0.3) is 0 Å². The van der Waals surface area contributed by atoms with E-state index in [2.05, 4.69) is 0 Å². The molecular weight excluding hydrogens is 499 g/mol. The maximum absolute atomic E-state index is 14.3. The maximum Gasteiger partial charge on any atom is 0.323 e. The molecule has 0 spiro atoms. The number of rotatable bonds is 8. The highest BCUT2D eigenvalue weighted by molar-refractivity contribution is 5.70. The summed E-state index contributed by atoms with van der Waals surface area (Å²) in [4.78, 5) is 39.0. The van der Waals surface area contributed by atoms with Crippen molar-refractivity contribution < 1.29 is 51.7 Å². The monoisotopic (exact) mass is 524 g/mol. The molecule has 10 nitrogen and oxygen atoms in total. The molecule has 1 aliphatic rings. The molecule has 1 heterocycles. The van der Waals surface area contributed by atoms with Crippen molar-refractivity contribution in [3.05, 3.63) is 47.0 Å². The van der Waals surface area contributed by atoms with E-state index in [4.69, 9.17) is 10.2 Å². The Bertz CT molecular complexity index is 982. The van der Waals surface area contributed by atoms with E-state index in [0.29, 0.717) is 0 Å². The summed E-state index contributed by atoms with van der Waals surface area (Å²) in [6.45, 7) is -2.28. The molecule has 0 radical (unpaired) electrons. The van der Waals surface area contributed by atoms with E-state index in [1.165, 1.54) is 32.0 Å². The van der Waals surface area contributed by atoms with Gasteiger partial charge in [0.1, 0.15) is 13.1 Å². The molecule has 1 aromatic rings. The van der Waals surface area contributed by atoms with Crippen molar-refractivity contribution in [1.29, 1.82) is 0 Å². The fraction of sp³-hybridized carbons (Fsp3) is 0.476. The number of halogens is 5. The zero-order valence-corrected chi connectivity index (χ0v) is 19.0. The summed E-state index contributed by atoms with van der Waals surface area (Å²) in [5.41, 5.74) is -1.07. The largest absolute Gasteiger partial charge is 0.480 e. The zero-order chi connectivity index (χ0) is 27.0. The molecule has 0 amide bonds. The van der Waals surface area contributed by atoms with Crippen LogP contribution in [-0.2, 0) is 20.9 Å². The maximum atomic E-state index is 14.3. The zero-order valence-electron chi connectivity index (χ0n) is 19.0. The Morgan fingerprint density at radius 2 is 0.944 bits per heavy atom. The molecule has 0 saturated carbocycles. The summed E-state index contributed by atoms with van der Waals surface area (Å²) >= 11 is 0. The molecule has 0 atom stereocenters. The van der Waals surface area contributed by atoms with Crippen molar-refractivity contribution in [2.24, 2.45) is 0 Å². The number of hydrogen-bond acceptors (Lipinski definition) is 7. The smallest absolute Gasteiger partial charge is 0.323 e. The van der Waals surface area contributed by atoms with Gasteiger partial charge in [0.2, 0.25) is 5.82 Å². The van der Waals surface area contributed by atoms with Crippen molar-refractivity contribution in [2.75, 3.05) is 58.9 Å². The van der Waals surface area contributed by atoms with Crippen molar-refractivity contribution in [3.63, 3.8) is 0 Å². The van der Waals surface area contributed by atoms with Crippen LogP contribution in [0, 0.1) is 29.1 Å². The number of carboxylic acid groups (broad SMARTS) is 3. The van der Waals surface area contributed by atoms with Crippen molar-refractivity contribution in [1.82, 2.24) is 19.6 Å². The fourth-order valence-corrected chi connectivity index (χ4v) is 3.52. The van der Waals surface area contributed by atoms with Gasteiger partial charge in [-0.05, 0) is 0 Å². The number of hydrogen-bond donors (Lipinski definition) is 3. The number of carboxylic acids is 3. The van der Waals surface area contributed by atoms with Gasteiger partial charge in [-0.3, -0.25) is 24.2 Å². The summed E-state index contributed by atoms with van der Waals surface area (Å²) < 4.78 is 69.3. The Morgan fingerprint density at radius 1 is 0.583 bits per heavy atom. The van der Waals surface area contributed by atoms with Gasteiger partial charge in [0.05, 0.1) is 6.54 Å². The number of carbonyl (C=O) groups is 3. The Labute approximate surface area is 202 Å². The molecule has 0 fully saturated rings. The summed E-state index contributed by atoms with van der Waals surface area (Å²) in [5, 5.41) is 27.5. The second-order valence-electron chi connectivity index (χ2n) is 8.02. The first-order chi connectivity index (χ1) is 16.9. The molecular formula is C21H25F5N4O6. The Balaban J connectivity index is 2.37. The van der Waals surface area contributed by atoms with E-state index >= 15 is 0 Å². The molecule has 15 heteroatoms. The Kier molecular flexibility index (Phi) is 10.4. The van der Waals surface area contributed by atoms with Gasteiger partial charge in [-0.15, -0.1) is 0 Å². The van der Waals surface area contributed by atoms with Crippen LogP contribution in [0.5, 0.6) is 0 Å². The molecule has 0 saturated heterocycles. The molecule has 1 aromatic carbocycles. The molecule has 0 unspecified atom stereocenters. The van der Waals surface area contributed by atoms with Gasteiger partial charge >= 0.3 is 17.9 Å². The molecule has 200 valence electrons. The van der Waals surface area contributed by atoms with E-state index in [9.17, 15) is 41.4 Å². The lowest BCUT2D eigenvalue weighted by Gasteiger charge is -2.31. The highest BCUT2D eigenvalue weighted by Gasteiger charge is 2.27. The minimum Gasteiger partial charge on any atom is -0.480 e. The highest BCUT2D eigenvalue weighted by Crippen LogP contribution is 2.24. The van der Waals surface area contributed by atoms with Gasteiger partial charge in [0, 0.05) is 63.8 Å². The lowest BCUT2D eigenvalue weighted by molar-refractivity contribution is -0.139. The summed E-state index contributed by atoms with van der Waals surface area (Å²) in [6, 6.07) is 0. The molecule has 36 heavy (non-hydrogen) atoms. The lowest BCUT2D eigenvalue weighted by atomic mass is 10.1. The van der Waals surface area contributed by atoms with E-state index in [-0.39, 0.29) is 39.3 Å². The van der Waals surface area contributed by atoms with Crippen LogP contribution in [0.1, 0.15) is 5.56 Å². The third-order valence-electron chi connectivity index (χ3n) is 5.35. The third kappa shape index (κ3) is 8.34. The molecule has 1 aliphatic heterocycles. The fourth-order valence-electron chi connectivity index (χ4n) is 3.52. The highest BCUT2D eigenvalue weighted by atomic mass is 19.2. The quantitative estimate of drug-likeness (QED) is 0.256. The predicted molar refractivity (Wildman–Crippen MR) is 113 cm³/mol. The van der Waals surface area contributed by atoms with Gasteiger partial charge in [0.25, 0.3) is 0 Å². The average Bonchev–Trinajstić information content (AvgIpc) is 2.79. The molecule has 0 bridgehead atoms. The average molecular weight is 524 g/mol. The number of aliphatic carboxylic acids is 3. The van der Waals surface area contributed by atoms with Crippen molar-refractivity contribution >= 4 is 17.9 Å². The van der Waals surface area contributed by atoms with E-state index in [1.807, 2.05) is 0 Å². The summed E-state index contributed by atoms with van der Waals surface area (Å²) in [6.07, 6.45) is 2.63. The van der Waals surface area contributed by atoms with E-state index < -0.39 is 78.7 Å². The van der Waals surface area contributed by atoms with Gasteiger partial charge in [-0.2, -0.15) is 0 Å². The van der Waals surface area contributed by atoms with Crippen LogP contribution in [-0.4, -0.2) is 112 Å². The summed E-state index contributed by atoms with van der Waals surface area (Å²) in [5.74, 6) is -14.1. The van der Waals surface area contributed by atoms with Crippen molar-refractivity contribution in [2.45, 2.75) is 6.54 Å². The van der Waals surface area contributed by atoms with Crippen LogP contribution < -0.4 is 0 Å². The van der Waals surface area contributed by atoms with Gasteiger partial charge < -0.3 is 25.1 Å². The van der Waals surface area contributed by atoms with Crippen LogP contribution >= 0.6 is 0 Å². The second-order valence-corrected chi connectivity index (χ2v) is 8.02. The van der Waals surface area contributed by atoms with Gasteiger partial charge in [-0.1, -0.05) is 0 Å². The number of benzene rings is 1. The van der Waals surface area contributed by atoms with Crippen LogP contribution in [0.2, 0.25) is 0 Å². The Hall–Kier alpha value is -3.46. The predicted octanol–water partition coefficient (Wildman–Crippen LogP) is 0.829. The normalized spacial score (nSPS) is 17.4. The van der Waals surface area contributed by atoms with Gasteiger partial charge in [-0.25, -0.2) is 22.0 Å². The first-order valence-corrected chi connectivity index (χ1v) is 10.7. The van der Waals surface area contributed by atoms with Gasteiger partial charge in [0.15, 0.2) is 23.3 Å². The van der Waals surface area contributed by atoms with Crippen LogP contribution in [0.15, 0.2) is 12.4 Å². The number of nitrogens with zero attached hydrogens (tertiary/aromatic N) is 4. The lowest BCUT2D eigenvalue weighted by Crippen LogP contribution is -2.44. The van der Waals surface area contributed by atoms with E-state index in [0.717, 1.165) is 0 Å². The molecule has 0 aromatic heterocycles. The van der Waals surface area contributed by atoms with E-state index in [1.54, 1.807) is 0 Å². The van der Waals surface area contributed by atoms with Crippen LogP contribution in [0.3, 0.4) is 0 Å². The minimum atomic E-state index is -2.29. The molecule has 0 aliphatic carbocycles. The van der Waals surface area contributed by atoms with Crippen LogP contribution in [0.4, 0.5) is 22.0 Å². The second kappa shape index (κ2) is 13.0. The topological polar surface area (TPSA) is 125 Å². The molecule has 2 rings (SSSR count). The third-order valence-corrected chi connectivity index (χ3v) is 5.35.